The fourth-order valence-electron chi connectivity index (χ4n) is 5.45. The predicted molar refractivity (Wildman–Crippen MR) is 146 cm³/mol. The van der Waals surface area contributed by atoms with E-state index in [1.807, 2.05) is 13.8 Å². The zero-order chi connectivity index (χ0) is 26.9. The minimum Gasteiger partial charge on any atom is -0.491 e. The Morgan fingerprint density at radius 3 is 2.62 bits per heavy atom. The summed E-state index contributed by atoms with van der Waals surface area (Å²) in [6.07, 6.45) is 3.44. The standard InChI is InChI=1S/C28H37ClN4O4/c1-6-7-19(35)13-37-20-8-9-22(29)21(12-20)26-31-25(24(17(3)30)18(4)34)16(2)27(32-26)33-14-28(15-33)11-10-23(28)36-5/h8-9,12,19,23,35H,6-7,10-11,13-15,30H2,1-5H3/t19-,23?/m1/s1. The third-order valence-electron chi connectivity index (χ3n) is 7.53. The van der Waals surface area contributed by atoms with E-state index in [1.165, 1.54) is 6.92 Å². The number of hydrogen-bond acceptors (Lipinski definition) is 8. The number of nitrogens with zero attached hydrogens (tertiary/aromatic N) is 3. The Morgan fingerprint density at radius 1 is 1.32 bits per heavy atom. The van der Waals surface area contributed by atoms with Crippen molar-refractivity contribution < 1.29 is 19.4 Å². The second kappa shape index (κ2) is 11.0. The van der Waals surface area contributed by atoms with Crippen LogP contribution in [0.15, 0.2) is 23.9 Å². The number of aliphatic hydroxyl groups excluding tert-OH is 1. The highest BCUT2D eigenvalue weighted by atomic mass is 35.5. The maximum Gasteiger partial charge on any atom is 0.163 e. The lowest BCUT2D eigenvalue weighted by Gasteiger charge is -2.60. The van der Waals surface area contributed by atoms with E-state index in [2.05, 4.69) is 4.90 Å². The summed E-state index contributed by atoms with van der Waals surface area (Å²) in [5.41, 5.74) is 8.97. The van der Waals surface area contributed by atoms with Crippen LogP contribution in [-0.4, -0.2) is 59.9 Å². The highest BCUT2D eigenvalue weighted by Crippen LogP contribution is 2.51. The molecule has 1 aliphatic heterocycles. The molecular weight excluding hydrogens is 492 g/mol. The number of carbonyl (C=O) groups is 1. The third kappa shape index (κ3) is 5.33. The number of hydrogen-bond donors (Lipinski definition) is 2. The van der Waals surface area contributed by atoms with Crippen molar-refractivity contribution in [3.05, 3.63) is 40.2 Å². The summed E-state index contributed by atoms with van der Waals surface area (Å²) in [4.78, 5) is 24.6. The summed E-state index contributed by atoms with van der Waals surface area (Å²) in [5, 5.41) is 10.5. The number of benzene rings is 1. The largest absolute Gasteiger partial charge is 0.491 e. The van der Waals surface area contributed by atoms with Crippen LogP contribution in [0.2, 0.25) is 5.02 Å². The number of aliphatic hydroxyl groups is 1. The number of Topliss-reactive ketones (excluding diaryl/α,β-unsaturated/α-hetero) is 1. The maximum absolute atomic E-state index is 12.6. The van der Waals surface area contributed by atoms with Gasteiger partial charge in [0.1, 0.15) is 18.2 Å². The molecule has 200 valence electrons. The predicted octanol–water partition coefficient (Wildman–Crippen LogP) is 4.54. The second-order valence-corrected chi connectivity index (χ2v) is 10.7. The molecule has 8 nitrogen and oxygen atoms in total. The number of ether oxygens (including phenoxy) is 2. The highest BCUT2D eigenvalue weighted by Gasteiger charge is 2.55. The van der Waals surface area contributed by atoms with Crippen molar-refractivity contribution in [2.24, 2.45) is 11.1 Å². The number of anilines is 1. The van der Waals surface area contributed by atoms with E-state index in [4.69, 9.17) is 36.8 Å². The molecular formula is C28H37ClN4O4. The van der Waals surface area contributed by atoms with Crippen molar-refractivity contribution >= 4 is 28.8 Å². The van der Waals surface area contributed by atoms with Gasteiger partial charge in [-0.05, 0) is 58.2 Å². The number of halogens is 1. The zero-order valence-electron chi connectivity index (χ0n) is 22.3. The SMILES string of the molecule is CCC[C@@H](O)COc1ccc(Cl)c(-c2nc(C(C(C)=O)=C(C)N)c(C)c(N3CC4(CCC4OC)C3)n2)c1. The topological polar surface area (TPSA) is 111 Å². The van der Waals surface area contributed by atoms with E-state index < -0.39 is 6.10 Å². The molecule has 1 aromatic carbocycles. The lowest BCUT2D eigenvalue weighted by Crippen LogP contribution is -2.67. The molecule has 37 heavy (non-hydrogen) atoms. The quantitative estimate of drug-likeness (QED) is 0.432. The lowest BCUT2D eigenvalue weighted by atomic mass is 9.61. The highest BCUT2D eigenvalue weighted by molar-refractivity contribution is 6.33. The van der Waals surface area contributed by atoms with Crippen LogP contribution >= 0.6 is 11.6 Å². The van der Waals surface area contributed by atoms with Gasteiger partial charge in [-0.1, -0.05) is 24.9 Å². The van der Waals surface area contributed by atoms with Gasteiger partial charge in [0.15, 0.2) is 11.6 Å². The van der Waals surface area contributed by atoms with Crippen molar-refractivity contribution in [2.75, 3.05) is 31.7 Å². The molecule has 0 bridgehead atoms. The zero-order valence-corrected chi connectivity index (χ0v) is 23.1. The van der Waals surface area contributed by atoms with Gasteiger partial charge in [0.2, 0.25) is 0 Å². The molecule has 1 saturated heterocycles. The molecule has 2 heterocycles. The molecule has 2 aliphatic rings. The van der Waals surface area contributed by atoms with Gasteiger partial charge in [0.05, 0.1) is 28.5 Å². The van der Waals surface area contributed by atoms with Crippen molar-refractivity contribution in [3.8, 4) is 17.1 Å². The molecule has 1 spiro atoms. The Bertz CT molecular complexity index is 1200. The Kier molecular flexibility index (Phi) is 8.11. The maximum atomic E-state index is 12.6. The van der Waals surface area contributed by atoms with Gasteiger partial charge < -0.3 is 25.2 Å². The van der Waals surface area contributed by atoms with E-state index in [0.717, 1.165) is 43.7 Å². The summed E-state index contributed by atoms with van der Waals surface area (Å²) in [7, 11) is 1.77. The van der Waals surface area contributed by atoms with Gasteiger partial charge in [0, 0.05) is 42.4 Å². The van der Waals surface area contributed by atoms with Crippen molar-refractivity contribution in [1.82, 2.24) is 9.97 Å². The van der Waals surface area contributed by atoms with Crippen LogP contribution in [0.5, 0.6) is 5.75 Å². The van der Waals surface area contributed by atoms with Crippen LogP contribution in [0.25, 0.3) is 17.0 Å². The van der Waals surface area contributed by atoms with Crippen LogP contribution in [0.3, 0.4) is 0 Å². The summed E-state index contributed by atoms with van der Waals surface area (Å²) in [6, 6.07) is 5.26. The van der Waals surface area contributed by atoms with Crippen molar-refractivity contribution in [3.63, 3.8) is 0 Å². The first-order valence-corrected chi connectivity index (χ1v) is 13.2. The van der Waals surface area contributed by atoms with Crippen molar-refractivity contribution in [1.29, 1.82) is 0 Å². The average Bonchev–Trinajstić information content (AvgIpc) is 2.79. The molecule has 0 amide bonds. The van der Waals surface area contributed by atoms with Gasteiger partial charge in [-0.3, -0.25) is 4.79 Å². The van der Waals surface area contributed by atoms with Crippen LogP contribution < -0.4 is 15.4 Å². The van der Waals surface area contributed by atoms with E-state index >= 15 is 0 Å². The van der Waals surface area contributed by atoms with E-state index in [9.17, 15) is 9.90 Å². The lowest BCUT2D eigenvalue weighted by molar-refractivity contribution is -0.111. The van der Waals surface area contributed by atoms with Gasteiger partial charge >= 0.3 is 0 Å². The number of rotatable bonds is 10. The van der Waals surface area contributed by atoms with Gasteiger partial charge in [-0.2, -0.15) is 0 Å². The molecule has 1 aromatic heterocycles. The molecule has 0 radical (unpaired) electrons. The van der Waals surface area contributed by atoms with Gasteiger partial charge in [-0.25, -0.2) is 9.97 Å². The second-order valence-electron chi connectivity index (χ2n) is 10.3. The molecule has 1 aliphatic carbocycles. The molecule has 4 rings (SSSR count). The molecule has 1 unspecified atom stereocenters. The Labute approximate surface area is 223 Å². The first-order valence-electron chi connectivity index (χ1n) is 12.8. The van der Waals surface area contributed by atoms with Crippen LogP contribution in [0.4, 0.5) is 5.82 Å². The van der Waals surface area contributed by atoms with Crippen LogP contribution in [0, 0.1) is 12.3 Å². The summed E-state index contributed by atoms with van der Waals surface area (Å²) in [6.45, 7) is 8.98. The number of methoxy groups -OCH3 is 1. The van der Waals surface area contributed by atoms with E-state index in [1.54, 1.807) is 32.2 Å². The fraction of sp³-hybridized carbons (Fsp3) is 0.536. The Balaban J connectivity index is 1.76. The van der Waals surface area contributed by atoms with Crippen LogP contribution in [-0.2, 0) is 9.53 Å². The summed E-state index contributed by atoms with van der Waals surface area (Å²) in [5.74, 6) is 1.54. The number of carbonyl (C=O) groups excluding carboxylic acids is 1. The number of nitrogens with two attached hydrogens (primary N) is 1. The van der Waals surface area contributed by atoms with E-state index in [0.29, 0.717) is 45.5 Å². The summed E-state index contributed by atoms with van der Waals surface area (Å²) < 4.78 is 11.5. The normalized spacial score (nSPS) is 19.6. The number of allylic oxidation sites excluding steroid dienone is 2. The first-order chi connectivity index (χ1) is 17.6. The summed E-state index contributed by atoms with van der Waals surface area (Å²) >= 11 is 6.62. The minimum absolute atomic E-state index is 0.153. The van der Waals surface area contributed by atoms with E-state index in [-0.39, 0.29) is 23.9 Å². The first kappa shape index (κ1) is 27.4. The van der Waals surface area contributed by atoms with Gasteiger partial charge in [-0.15, -0.1) is 0 Å². The molecule has 9 heteroatoms. The van der Waals surface area contributed by atoms with Crippen LogP contribution in [0.1, 0.15) is 57.7 Å². The molecule has 1 saturated carbocycles. The Hall–Kier alpha value is -2.68. The molecule has 2 atom stereocenters. The molecule has 2 aromatic rings. The smallest absolute Gasteiger partial charge is 0.163 e. The molecule has 3 N–H and O–H groups in total. The number of ketones is 1. The minimum atomic E-state index is -0.546. The van der Waals surface area contributed by atoms with Crippen molar-refractivity contribution in [2.45, 2.75) is 65.6 Å². The third-order valence-corrected chi connectivity index (χ3v) is 7.86. The monoisotopic (exact) mass is 528 g/mol. The van der Waals surface area contributed by atoms with Gasteiger partial charge in [0.25, 0.3) is 0 Å². The average molecular weight is 529 g/mol. The Morgan fingerprint density at radius 2 is 2.05 bits per heavy atom. The number of aromatic nitrogens is 2. The molecule has 2 fully saturated rings. The fourth-order valence-corrected chi connectivity index (χ4v) is 5.65.